The monoisotopic (exact) mass is 522 g/mol. The maximum absolute atomic E-state index is 12.7. The Balaban J connectivity index is 1.29. The molecule has 1 aliphatic heterocycles. The molecular formula is C27H23ClN2O5S. The summed E-state index contributed by atoms with van der Waals surface area (Å²) < 4.78 is 11.3. The zero-order chi connectivity index (χ0) is 25.5. The molecule has 184 valence electrons. The smallest absolute Gasteiger partial charge is 0.294 e. The first-order chi connectivity index (χ1) is 17.4. The second kappa shape index (κ2) is 11.8. The lowest BCUT2D eigenvalue weighted by Gasteiger charge is -2.13. The fourth-order valence-electron chi connectivity index (χ4n) is 3.30. The lowest BCUT2D eigenvalue weighted by molar-refractivity contribution is -0.127. The van der Waals surface area contributed by atoms with E-state index in [0.29, 0.717) is 29.7 Å². The maximum Gasteiger partial charge on any atom is 0.294 e. The van der Waals surface area contributed by atoms with E-state index in [2.05, 4.69) is 5.32 Å². The predicted molar refractivity (Wildman–Crippen MR) is 141 cm³/mol. The number of hydrogen-bond donors (Lipinski definition) is 1. The first-order valence-electron chi connectivity index (χ1n) is 11.1. The molecule has 0 atom stereocenters. The standard InChI is InChI=1S/C27H23ClN2O5S/c1-18-7-10-20(16-23(18)28)29-25(31)17-30-26(32)24(36-27(30)33)15-19-8-11-22(12-9-19)35-14-13-34-21-5-3-2-4-6-21/h2-12,15-16H,13-14,17H2,1H3,(H,29,31)/b24-15+. The number of benzene rings is 3. The normalized spacial score (nSPS) is 14.3. The number of nitrogens with one attached hydrogen (secondary N) is 1. The van der Waals surface area contributed by atoms with E-state index in [4.69, 9.17) is 21.1 Å². The number of halogens is 1. The quantitative estimate of drug-likeness (QED) is 0.283. The van der Waals surface area contributed by atoms with Crippen LogP contribution in [0.2, 0.25) is 5.02 Å². The number of para-hydroxylation sites is 1. The number of ether oxygens (including phenoxy) is 2. The number of imide groups is 1. The van der Waals surface area contributed by atoms with E-state index in [1.165, 1.54) is 0 Å². The molecule has 0 spiro atoms. The molecule has 7 nitrogen and oxygen atoms in total. The van der Waals surface area contributed by atoms with Gasteiger partial charge < -0.3 is 14.8 Å². The molecule has 0 unspecified atom stereocenters. The van der Waals surface area contributed by atoms with Gasteiger partial charge in [0.15, 0.2) is 0 Å². The van der Waals surface area contributed by atoms with Crippen LogP contribution in [0.5, 0.6) is 11.5 Å². The third kappa shape index (κ3) is 6.68. The number of nitrogens with zero attached hydrogens (tertiary/aromatic N) is 1. The molecule has 0 radical (unpaired) electrons. The lowest BCUT2D eigenvalue weighted by Crippen LogP contribution is -2.36. The van der Waals surface area contributed by atoms with Gasteiger partial charge >= 0.3 is 0 Å². The van der Waals surface area contributed by atoms with Crippen LogP contribution in [-0.4, -0.2) is 41.7 Å². The van der Waals surface area contributed by atoms with Crippen LogP contribution >= 0.6 is 23.4 Å². The summed E-state index contributed by atoms with van der Waals surface area (Å²) in [4.78, 5) is 38.7. The van der Waals surface area contributed by atoms with Crippen LogP contribution in [0.1, 0.15) is 11.1 Å². The molecule has 3 aromatic carbocycles. The lowest BCUT2D eigenvalue weighted by atomic mass is 10.2. The van der Waals surface area contributed by atoms with Crippen LogP contribution in [0.15, 0.2) is 77.7 Å². The summed E-state index contributed by atoms with van der Waals surface area (Å²) in [6.45, 7) is 2.25. The van der Waals surface area contributed by atoms with Gasteiger partial charge in [-0.25, -0.2) is 0 Å². The van der Waals surface area contributed by atoms with E-state index < -0.39 is 17.1 Å². The average Bonchev–Trinajstić information content (AvgIpc) is 3.13. The number of rotatable bonds is 9. The number of hydrogen-bond acceptors (Lipinski definition) is 6. The van der Waals surface area contributed by atoms with Gasteiger partial charge in [-0.3, -0.25) is 19.3 Å². The van der Waals surface area contributed by atoms with Crippen LogP contribution in [-0.2, 0) is 9.59 Å². The van der Waals surface area contributed by atoms with Crippen molar-refractivity contribution in [3.63, 3.8) is 0 Å². The van der Waals surface area contributed by atoms with Crippen molar-refractivity contribution in [1.82, 2.24) is 4.90 Å². The van der Waals surface area contributed by atoms with Crippen LogP contribution < -0.4 is 14.8 Å². The minimum atomic E-state index is -0.513. The van der Waals surface area contributed by atoms with E-state index in [1.807, 2.05) is 37.3 Å². The Hall–Kier alpha value is -3.75. The number of aryl methyl sites for hydroxylation is 1. The van der Waals surface area contributed by atoms with E-state index in [1.54, 1.807) is 48.5 Å². The molecule has 3 amide bonds. The van der Waals surface area contributed by atoms with Gasteiger partial charge in [0, 0.05) is 10.7 Å². The van der Waals surface area contributed by atoms with Gasteiger partial charge in [-0.2, -0.15) is 0 Å². The molecule has 9 heteroatoms. The molecule has 36 heavy (non-hydrogen) atoms. The van der Waals surface area contributed by atoms with Gasteiger partial charge in [0.1, 0.15) is 31.3 Å². The molecule has 0 bridgehead atoms. The first-order valence-corrected chi connectivity index (χ1v) is 12.3. The largest absolute Gasteiger partial charge is 0.490 e. The van der Waals surface area contributed by atoms with Crippen LogP contribution in [0.4, 0.5) is 10.5 Å². The Morgan fingerprint density at radius 3 is 2.31 bits per heavy atom. The molecule has 1 aliphatic rings. The van der Waals surface area contributed by atoms with E-state index in [0.717, 1.165) is 33.5 Å². The van der Waals surface area contributed by atoms with Crippen molar-refractivity contribution in [2.24, 2.45) is 0 Å². The number of thioether (sulfide) groups is 1. The second-order valence-electron chi connectivity index (χ2n) is 7.86. The summed E-state index contributed by atoms with van der Waals surface area (Å²) in [5.41, 5.74) is 2.10. The number of carbonyl (C=O) groups is 3. The maximum atomic E-state index is 12.7. The van der Waals surface area contributed by atoms with Gasteiger partial charge in [0.25, 0.3) is 11.1 Å². The molecule has 1 fully saturated rings. The van der Waals surface area contributed by atoms with Crippen LogP contribution in [0, 0.1) is 6.92 Å². The molecule has 3 aromatic rings. The zero-order valence-corrected chi connectivity index (χ0v) is 21.0. The average molecular weight is 523 g/mol. The first kappa shape index (κ1) is 25.3. The van der Waals surface area contributed by atoms with E-state index in [9.17, 15) is 14.4 Å². The number of amides is 3. The van der Waals surface area contributed by atoms with Crippen molar-refractivity contribution >= 4 is 52.2 Å². The van der Waals surface area contributed by atoms with Crippen molar-refractivity contribution in [1.29, 1.82) is 0 Å². The van der Waals surface area contributed by atoms with Crippen molar-refractivity contribution in [3.05, 3.63) is 93.9 Å². The summed E-state index contributed by atoms with van der Waals surface area (Å²) in [7, 11) is 0. The molecule has 0 aliphatic carbocycles. The molecule has 1 N–H and O–H groups in total. The third-order valence-corrected chi connectivity index (χ3v) is 6.49. The molecule has 1 heterocycles. The highest BCUT2D eigenvalue weighted by Gasteiger charge is 2.36. The molecule has 0 saturated carbocycles. The van der Waals surface area contributed by atoms with E-state index in [-0.39, 0.29) is 11.4 Å². The Kier molecular flexibility index (Phi) is 8.30. The van der Waals surface area contributed by atoms with Crippen molar-refractivity contribution in [2.75, 3.05) is 25.1 Å². The molecule has 1 saturated heterocycles. The van der Waals surface area contributed by atoms with Gasteiger partial charge in [-0.05, 0) is 72.3 Å². The predicted octanol–water partition coefficient (Wildman–Crippen LogP) is 5.78. The fraction of sp³-hybridized carbons (Fsp3) is 0.148. The minimum Gasteiger partial charge on any atom is -0.490 e. The number of anilines is 1. The Morgan fingerprint density at radius 1 is 0.972 bits per heavy atom. The Bertz CT molecular complexity index is 1300. The Morgan fingerprint density at radius 2 is 1.64 bits per heavy atom. The van der Waals surface area contributed by atoms with Crippen molar-refractivity contribution in [2.45, 2.75) is 6.92 Å². The molecular weight excluding hydrogens is 500 g/mol. The second-order valence-corrected chi connectivity index (χ2v) is 9.26. The third-order valence-electron chi connectivity index (χ3n) is 5.17. The van der Waals surface area contributed by atoms with Gasteiger partial charge in [0.2, 0.25) is 5.91 Å². The highest BCUT2D eigenvalue weighted by atomic mass is 35.5. The molecule has 0 aromatic heterocycles. The summed E-state index contributed by atoms with van der Waals surface area (Å²) in [6.07, 6.45) is 1.62. The van der Waals surface area contributed by atoms with Crippen LogP contribution in [0.25, 0.3) is 6.08 Å². The van der Waals surface area contributed by atoms with Crippen LogP contribution in [0.3, 0.4) is 0 Å². The van der Waals surface area contributed by atoms with Gasteiger partial charge in [-0.1, -0.05) is 48.0 Å². The van der Waals surface area contributed by atoms with Gasteiger partial charge in [0.05, 0.1) is 4.91 Å². The Labute approximate surface area is 218 Å². The van der Waals surface area contributed by atoms with Crippen molar-refractivity contribution < 1.29 is 23.9 Å². The van der Waals surface area contributed by atoms with E-state index >= 15 is 0 Å². The zero-order valence-electron chi connectivity index (χ0n) is 19.4. The highest BCUT2D eigenvalue weighted by Crippen LogP contribution is 2.32. The summed E-state index contributed by atoms with van der Waals surface area (Å²) in [5.74, 6) is 0.434. The SMILES string of the molecule is Cc1ccc(NC(=O)CN2C(=O)S/C(=C/c3ccc(OCCOc4ccccc4)cc3)C2=O)cc1Cl. The summed E-state index contributed by atoms with van der Waals surface area (Å²) in [5, 5.41) is 2.67. The summed E-state index contributed by atoms with van der Waals surface area (Å²) >= 11 is 6.88. The number of carbonyl (C=O) groups excluding carboxylic acids is 3. The van der Waals surface area contributed by atoms with Gasteiger partial charge in [-0.15, -0.1) is 0 Å². The fourth-order valence-corrected chi connectivity index (χ4v) is 4.32. The minimum absolute atomic E-state index is 0.246. The molecule has 4 rings (SSSR count). The van der Waals surface area contributed by atoms with Crippen molar-refractivity contribution in [3.8, 4) is 11.5 Å². The topological polar surface area (TPSA) is 84.9 Å². The summed E-state index contributed by atoms with van der Waals surface area (Å²) in [6, 6.07) is 21.7. The highest BCUT2D eigenvalue weighted by molar-refractivity contribution is 8.18.